The third-order valence-electron chi connectivity index (χ3n) is 2.45. The minimum Gasteiger partial charge on any atom is -0.361 e. The largest absolute Gasteiger partial charge is 0.361 e. The normalized spacial score (nSPS) is 12.3. The second kappa shape index (κ2) is 3.57. The highest BCUT2D eigenvalue weighted by atomic mass is 35.5. The Morgan fingerprint density at radius 3 is 2.67 bits per heavy atom. The van der Waals surface area contributed by atoms with Crippen LogP contribution in [0.5, 0.6) is 0 Å². The molecule has 0 bridgehead atoms. The molecule has 1 nitrogen and oxygen atoms in total. The Kier molecular flexibility index (Phi) is 2.51. The van der Waals surface area contributed by atoms with Gasteiger partial charge in [0.25, 0.3) is 0 Å². The average Bonchev–Trinajstić information content (AvgIpc) is 2.46. The molecule has 0 aliphatic heterocycles. The first-order chi connectivity index (χ1) is 6.96. The highest BCUT2D eigenvalue weighted by molar-refractivity contribution is 6.31. The van der Waals surface area contributed by atoms with Crippen molar-refractivity contribution in [3.63, 3.8) is 0 Å². The van der Waals surface area contributed by atoms with Crippen molar-refractivity contribution < 1.29 is 0 Å². The van der Waals surface area contributed by atoms with E-state index in [1.54, 1.807) is 0 Å². The van der Waals surface area contributed by atoms with Crippen LogP contribution < -0.4 is 0 Å². The van der Waals surface area contributed by atoms with E-state index in [1.165, 1.54) is 16.5 Å². The molecule has 0 saturated heterocycles. The third kappa shape index (κ3) is 2.35. The number of aromatic amines is 1. The maximum absolute atomic E-state index is 6.00. The zero-order chi connectivity index (χ0) is 11.1. The molecule has 1 aromatic carbocycles. The first-order valence-corrected chi connectivity index (χ1v) is 5.59. The molecule has 0 aliphatic rings. The van der Waals surface area contributed by atoms with Crippen LogP contribution in [-0.2, 0) is 6.42 Å². The van der Waals surface area contributed by atoms with Gasteiger partial charge in [0.2, 0.25) is 0 Å². The summed E-state index contributed by atoms with van der Waals surface area (Å²) in [4.78, 5) is 3.28. The van der Waals surface area contributed by atoms with Crippen molar-refractivity contribution in [1.82, 2.24) is 4.98 Å². The fourth-order valence-corrected chi connectivity index (χ4v) is 2.04. The molecule has 1 heterocycles. The molecule has 80 valence electrons. The highest BCUT2D eigenvalue weighted by Gasteiger charge is 2.14. The van der Waals surface area contributed by atoms with E-state index in [0.29, 0.717) is 5.41 Å². The van der Waals surface area contributed by atoms with Crippen LogP contribution in [0.15, 0.2) is 24.4 Å². The molecule has 2 heteroatoms. The van der Waals surface area contributed by atoms with E-state index in [-0.39, 0.29) is 0 Å². The zero-order valence-corrected chi connectivity index (χ0v) is 10.2. The van der Waals surface area contributed by atoms with Crippen LogP contribution in [0.25, 0.3) is 10.9 Å². The van der Waals surface area contributed by atoms with E-state index in [9.17, 15) is 0 Å². The van der Waals surface area contributed by atoms with Crippen molar-refractivity contribution >= 4 is 22.5 Å². The van der Waals surface area contributed by atoms with E-state index in [2.05, 4.69) is 32.0 Å². The van der Waals surface area contributed by atoms with Gasteiger partial charge in [0.05, 0.1) is 0 Å². The summed E-state index contributed by atoms with van der Waals surface area (Å²) in [6, 6.07) is 5.99. The van der Waals surface area contributed by atoms with Crippen molar-refractivity contribution in [3.8, 4) is 0 Å². The lowest BCUT2D eigenvalue weighted by Gasteiger charge is -2.17. The fraction of sp³-hybridized carbons (Fsp3) is 0.385. The number of halogens is 1. The van der Waals surface area contributed by atoms with Crippen LogP contribution in [0.3, 0.4) is 0 Å². The second-order valence-corrected chi connectivity index (χ2v) is 5.68. The van der Waals surface area contributed by atoms with Gasteiger partial charge in [0.15, 0.2) is 0 Å². The van der Waals surface area contributed by atoms with E-state index in [0.717, 1.165) is 11.4 Å². The van der Waals surface area contributed by atoms with Gasteiger partial charge < -0.3 is 4.98 Å². The topological polar surface area (TPSA) is 15.8 Å². The summed E-state index contributed by atoms with van der Waals surface area (Å²) in [6.45, 7) is 6.74. The van der Waals surface area contributed by atoms with Crippen molar-refractivity contribution in [3.05, 3.63) is 35.0 Å². The molecule has 0 aliphatic carbocycles. The van der Waals surface area contributed by atoms with E-state index < -0.39 is 0 Å². The van der Waals surface area contributed by atoms with Crippen molar-refractivity contribution in [1.29, 1.82) is 0 Å². The van der Waals surface area contributed by atoms with Crippen molar-refractivity contribution in [2.75, 3.05) is 0 Å². The van der Waals surface area contributed by atoms with Gasteiger partial charge in [0.1, 0.15) is 0 Å². The zero-order valence-electron chi connectivity index (χ0n) is 9.39. The molecule has 15 heavy (non-hydrogen) atoms. The Labute approximate surface area is 95.5 Å². The SMILES string of the molecule is CC(C)(C)Cc1c[nH]c2ccc(Cl)cc12. The monoisotopic (exact) mass is 221 g/mol. The maximum Gasteiger partial charge on any atom is 0.0457 e. The predicted octanol–water partition coefficient (Wildman–Crippen LogP) is 4.41. The van der Waals surface area contributed by atoms with Gasteiger partial charge in [0, 0.05) is 22.1 Å². The molecule has 0 fully saturated rings. The van der Waals surface area contributed by atoms with E-state index >= 15 is 0 Å². The number of nitrogens with one attached hydrogen (secondary N) is 1. The molecule has 2 rings (SSSR count). The average molecular weight is 222 g/mol. The smallest absolute Gasteiger partial charge is 0.0457 e. The van der Waals surface area contributed by atoms with Crippen LogP contribution >= 0.6 is 11.6 Å². The molecule has 2 aromatic rings. The second-order valence-electron chi connectivity index (χ2n) is 5.24. The molecular formula is C13H16ClN. The molecule has 0 atom stereocenters. The Hall–Kier alpha value is -0.950. The Balaban J connectivity index is 2.48. The highest BCUT2D eigenvalue weighted by Crippen LogP contribution is 2.28. The fourth-order valence-electron chi connectivity index (χ4n) is 1.87. The Morgan fingerprint density at radius 2 is 2.00 bits per heavy atom. The number of aromatic nitrogens is 1. The molecule has 0 radical (unpaired) electrons. The van der Waals surface area contributed by atoms with E-state index in [4.69, 9.17) is 11.6 Å². The summed E-state index contributed by atoms with van der Waals surface area (Å²) in [5.74, 6) is 0. The number of fused-ring (bicyclic) bond motifs is 1. The third-order valence-corrected chi connectivity index (χ3v) is 2.69. The number of rotatable bonds is 1. The molecule has 1 N–H and O–H groups in total. The minimum absolute atomic E-state index is 0.303. The number of benzene rings is 1. The lowest BCUT2D eigenvalue weighted by molar-refractivity contribution is 0.412. The van der Waals surface area contributed by atoms with Gasteiger partial charge in [-0.25, -0.2) is 0 Å². The summed E-state index contributed by atoms with van der Waals surface area (Å²) >= 11 is 6.00. The first-order valence-electron chi connectivity index (χ1n) is 5.21. The number of H-pyrrole nitrogens is 1. The summed E-state index contributed by atoms with van der Waals surface area (Å²) in [7, 11) is 0. The minimum atomic E-state index is 0.303. The standard InChI is InChI=1S/C13H16ClN/c1-13(2,3)7-9-8-15-12-5-4-10(14)6-11(9)12/h4-6,8,15H,7H2,1-3H3. The van der Waals surface area contributed by atoms with Gasteiger partial charge in [-0.1, -0.05) is 32.4 Å². The summed E-state index contributed by atoms with van der Waals surface area (Å²) in [6.07, 6.45) is 3.15. The van der Waals surface area contributed by atoms with E-state index in [1.807, 2.05) is 18.2 Å². The van der Waals surface area contributed by atoms with Crippen molar-refractivity contribution in [2.24, 2.45) is 5.41 Å². The quantitative estimate of drug-likeness (QED) is 0.734. The van der Waals surface area contributed by atoms with Gasteiger partial charge in [-0.05, 0) is 35.6 Å². The van der Waals surface area contributed by atoms with Crippen molar-refractivity contribution in [2.45, 2.75) is 27.2 Å². The molecule has 1 aromatic heterocycles. The molecule has 0 unspecified atom stereocenters. The Bertz CT molecular complexity index is 477. The van der Waals surface area contributed by atoms with Crippen LogP contribution in [-0.4, -0.2) is 4.98 Å². The van der Waals surface area contributed by atoms with Crippen LogP contribution in [0.2, 0.25) is 5.02 Å². The van der Waals surface area contributed by atoms with Crippen LogP contribution in [0.4, 0.5) is 0 Å². The molecule has 0 amide bonds. The lowest BCUT2D eigenvalue weighted by Crippen LogP contribution is -2.08. The first kappa shape index (κ1) is 10.6. The molecule has 0 saturated carbocycles. The molecule has 0 spiro atoms. The summed E-state index contributed by atoms with van der Waals surface area (Å²) in [5, 5.41) is 2.05. The van der Waals surface area contributed by atoms with Crippen LogP contribution in [0.1, 0.15) is 26.3 Å². The van der Waals surface area contributed by atoms with Crippen LogP contribution in [0, 0.1) is 5.41 Å². The number of hydrogen-bond donors (Lipinski definition) is 1. The predicted molar refractivity (Wildman–Crippen MR) is 66.5 cm³/mol. The summed E-state index contributed by atoms with van der Waals surface area (Å²) < 4.78 is 0. The molecular weight excluding hydrogens is 206 g/mol. The maximum atomic E-state index is 6.00. The number of hydrogen-bond acceptors (Lipinski definition) is 0. The Morgan fingerprint density at radius 1 is 1.27 bits per heavy atom. The van der Waals surface area contributed by atoms with Gasteiger partial charge in [-0.3, -0.25) is 0 Å². The lowest BCUT2D eigenvalue weighted by atomic mass is 9.88. The van der Waals surface area contributed by atoms with Gasteiger partial charge in [-0.15, -0.1) is 0 Å². The van der Waals surface area contributed by atoms with Gasteiger partial charge in [-0.2, -0.15) is 0 Å². The summed E-state index contributed by atoms with van der Waals surface area (Å²) in [5.41, 5.74) is 2.82. The van der Waals surface area contributed by atoms with Gasteiger partial charge >= 0.3 is 0 Å².